The molecule has 252 valence electrons. The van der Waals surface area contributed by atoms with Crippen LogP contribution in [-0.2, 0) is 17.7 Å². The number of carbonyl (C=O) groups is 2. The molecule has 2 fully saturated rings. The SMILES string of the molecule is CCCNC(=O)OC1CCCCC1n1cnc(C(=O)N2CCN(Cc3ccccc3)C[C@@H]2Cc2cc(F)cc(F)c2)c1-c1ccccc1. The summed E-state index contributed by atoms with van der Waals surface area (Å²) in [5.74, 6) is -1.52. The number of nitrogens with one attached hydrogen (secondary N) is 1. The fraction of sp³-hybridized carbons (Fsp3) is 0.395. The standard InChI is InChI=1S/C38H43F2N5O3/c1-2-17-41-38(47)48-34-16-10-9-15-33(34)45-26-42-35(36(45)29-13-7-4-8-14-29)37(46)44-19-18-43(24-27-11-5-3-6-12-27)25-32(44)22-28-20-30(39)23-31(40)21-28/h3-8,11-14,20-21,23,26,32-34H,2,9-10,15-19,22,24-25H2,1H3,(H,41,47)/t32-,33?,34?/m0/s1. The van der Waals surface area contributed by atoms with E-state index < -0.39 is 17.7 Å². The zero-order valence-corrected chi connectivity index (χ0v) is 27.4. The summed E-state index contributed by atoms with van der Waals surface area (Å²) in [6, 6.07) is 22.8. The van der Waals surface area contributed by atoms with Crippen molar-refractivity contribution < 1.29 is 23.1 Å². The van der Waals surface area contributed by atoms with Gasteiger partial charge in [0, 0.05) is 50.4 Å². The number of amides is 2. The first-order valence-corrected chi connectivity index (χ1v) is 17.0. The maximum Gasteiger partial charge on any atom is 0.407 e. The van der Waals surface area contributed by atoms with Gasteiger partial charge in [0.2, 0.25) is 0 Å². The molecule has 0 bridgehead atoms. The number of imidazole rings is 1. The lowest BCUT2D eigenvalue weighted by molar-refractivity contribution is 0.0409. The zero-order valence-electron chi connectivity index (χ0n) is 27.4. The van der Waals surface area contributed by atoms with Crippen LogP contribution in [0, 0.1) is 11.6 Å². The quantitative estimate of drug-likeness (QED) is 0.199. The number of hydrogen-bond donors (Lipinski definition) is 1. The van der Waals surface area contributed by atoms with Crippen LogP contribution < -0.4 is 5.32 Å². The van der Waals surface area contributed by atoms with Gasteiger partial charge in [0.05, 0.1) is 18.1 Å². The molecule has 10 heteroatoms. The van der Waals surface area contributed by atoms with Crippen molar-refractivity contribution in [2.24, 2.45) is 0 Å². The normalized spacial score (nSPS) is 20.0. The molecule has 3 atom stereocenters. The van der Waals surface area contributed by atoms with Crippen molar-refractivity contribution in [2.45, 2.75) is 70.2 Å². The molecule has 0 spiro atoms. The molecule has 1 aromatic heterocycles. The summed E-state index contributed by atoms with van der Waals surface area (Å²) < 4.78 is 36.5. The van der Waals surface area contributed by atoms with Gasteiger partial charge >= 0.3 is 6.09 Å². The Morgan fingerprint density at radius 3 is 2.35 bits per heavy atom. The molecule has 3 aromatic carbocycles. The van der Waals surface area contributed by atoms with Gasteiger partial charge in [0.1, 0.15) is 17.7 Å². The van der Waals surface area contributed by atoms with Crippen molar-refractivity contribution in [1.82, 2.24) is 24.7 Å². The largest absolute Gasteiger partial charge is 0.444 e. The lowest BCUT2D eigenvalue weighted by Crippen LogP contribution is -2.55. The van der Waals surface area contributed by atoms with E-state index in [-0.39, 0.29) is 24.1 Å². The molecule has 4 aromatic rings. The van der Waals surface area contributed by atoms with Crippen LogP contribution in [0.25, 0.3) is 11.3 Å². The topological polar surface area (TPSA) is 79.7 Å². The minimum atomic E-state index is -0.641. The van der Waals surface area contributed by atoms with Crippen molar-refractivity contribution in [3.05, 3.63) is 114 Å². The Kier molecular flexibility index (Phi) is 10.8. The molecule has 1 aliphatic heterocycles. The smallest absolute Gasteiger partial charge is 0.407 e. The summed E-state index contributed by atoms with van der Waals surface area (Å²) >= 11 is 0. The predicted molar refractivity (Wildman–Crippen MR) is 180 cm³/mol. The molecule has 2 aliphatic rings. The molecular weight excluding hydrogens is 612 g/mol. The highest BCUT2D eigenvalue weighted by molar-refractivity contribution is 5.98. The fourth-order valence-electron chi connectivity index (χ4n) is 7.07. The molecule has 1 saturated heterocycles. The zero-order chi connectivity index (χ0) is 33.5. The van der Waals surface area contributed by atoms with Gasteiger partial charge < -0.3 is 19.5 Å². The average molecular weight is 656 g/mol. The molecular formula is C38H43F2N5O3. The van der Waals surface area contributed by atoms with Crippen LogP contribution >= 0.6 is 0 Å². The number of halogens is 2. The van der Waals surface area contributed by atoms with E-state index in [9.17, 15) is 18.4 Å². The highest BCUT2D eigenvalue weighted by Gasteiger charge is 2.37. The van der Waals surface area contributed by atoms with Crippen molar-refractivity contribution in [3.63, 3.8) is 0 Å². The van der Waals surface area contributed by atoms with Crippen molar-refractivity contribution in [3.8, 4) is 11.3 Å². The highest BCUT2D eigenvalue weighted by Crippen LogP contribution is 2.37. The minimum Gasteiger partial charge on any atom is -0.444 e. The average Bonchev–Trinajstić information content (AvgIpc) is 3.53. The number of alkyl carbamates (subject to hydrolysis) is 1. The predicted octanol–water partition coefficient (Wildman–Crippen LogP) is 7.02. The Labute approximate surface area is 280 Å². The molecule has 0 radical (unpaired) electrons. The molecule has 1 N–H and O–H groups in total. The fourth-order valence-corrected chi connectivity index (χ4v) is 7.07. The van der Waals surface area contributed by atoms with Gasteiger partial charge in [-0.15, -0.1) is 0 Å². The van der Waals surface area contributed by atoms with Gasteiger partial charge in [-0.05, 0) is 55.4 Å². The van der Waals surface area contributed by atoms with E-state index in [4.69, 9.17) is 9.72 Å². The Bertz CT molecular complexity index is 1660. The van der Waals surface area contributed by atoms with Gasteiger partial charge in [0.15, 0.2) is 5.69 Å². The first-order valence-electron chi connectivity index (χ1n) is 17.0. The monoisotopic (exact) mass is 655 g/mol. The van der Waals surface area contributed by atoms with Gasteiger partial charge in [-0.3, -0.25) is 9.69 Å². The number of benzene rings is 3. The summed E-state index contributed by atoms with van der Waals surface area (Å²) in [4.78, 5) is 36.1. The Morgan fingerprint density at radius 1 is 0.917 bits per heavy atom. The van der Waals surface area contributed by atoms with Crippen LogP contribution in [0.15, 0.2) is 85.2 Å². The lowest BCUT2D eigenvalue weighted by atomic mass is 9.91. The second-order valence-electron chi connectivity index (χ2n) is 12.8. The van der Waals surface area contributed by atoms with Crippen LogP contribution in [0.5, 0.6) is 0 Å². The summed E-state index contributed by atoms with van der Waals surface area (Å²) in [6.07, 6.45) is 5.41. The van der Waals surface area contributed by atoms with Crippen LogP contribution in [0.2, 0.25) is 0 Å². The lowest BCUT2D eigenvalue weighted by Gasteiger charge is -2.41. The van der Waals surface area contributed by atoms with Crippen LogP contribution in [-0.4, -0.2) is 69.7 Å². The summed E-state index contributed by atoms with van der Waals surface area (Å²) in [5.41, 5.74) is 3.48. The van der Waals surface area contributed by atoms with Gasteiger partial charge in [0.25, 0.3) is 5.91 Å². The van der Waals surface area contributed by atoms with Gasteiger partial charge in [-0.1, -0.05) is 74.0 Å². The van der Waals surface area contributed by atoms with E-state index in [0.29, 0.717) is 56.1 Å². The van der Waals surface area contributed by atoms with E-state index in [1.54, 1.807) is 6.33 Å². The summed E-state index contributed by atoms with van der Waals surface area (Å²) in [6.45, 7) is 4.84. The van der Waals surface area contributed by atoms with E-state index in [2.05, 4.69) is 22.3 Å². The first kappa shape index (κ1) is 33.3. The van der Waals surface area contributed by atoms with Crippen molar-refractivity contribution in [2.75, 3.05) is 26.2 Å². The number of ether oxygens (including phenoxy) is 1. The van der Waals surface area contributed by atoms with E-state index in [1.807, 2.05) is 64.9 Å². The number of aromatic nitrogens is 2. The molecule has 2 unspecified atom stereocenters. The number of nitrogens with zero attached hydrogens (tertiary/aromatic N) is 4. The third kappa shape index (κ3) is 7.93. The van der Waals surface area contributed by atoms with Crippen LogP contribution in [0.1, 0.15) is 66.7 Å². The maximum atomic E-state index is 14.7. The molecule has 1 aliphatic carbocycles. The highest BCUT2D eigenvalue weighted by atomic mass is 19.1. The van der Waals surface area contributed by atoms with Crippen LogP contribution in [0.4, 0.5) is 13.6 Å². The minimum absolute atomic E-state index is 0.191. The third-order valence-electron chi connectivity index (χ3n) is 9.32. The van der Waals surface area contributed by atoms with E-state index >= 15 is 0 Å². The Balaban J connectivity index is 1.33. The van der Waals surface area contributed by atoms with Crippen molar-refractivity contribution in [1.29, 1.82) is 0 Å². The molecule has 2 heterocycles. The summed E-state index contributed by atoms with van der Waals surface area (Å²) in [7, 11) is 0. The number of hydrogen-bond acceptors (Lipinski definition) is 5. The summed E-state index contributed by atoms with van der Waals surface area (Å²) in [5, 5.41) is 2.82. The molecule has 8 nitrogen and oxygen atoms in total. The molecule has 48 heavy (non-hydrogen) atoms. The molecule has 6 rings (SSSR count). The second-order valence-corrected chi connectivity index (χ2v) is 12.8. The second kappa shape index (κ2) is 15.6. The van der Waals surface area contributed by atoms with E-state index in [1.165, 1.54) is 12.1 Å². The maximum absolute atomic E-state index is 14.7. The number of rotatable bonds is 10. The Morgan fingerprint density at radius 2 is 1.62 bits per heavy atom. The molecule has 2 amide bonds. The molecule has 1 saturated carbocycles. The number of carbonyl (C=O) groups excluding carboxylic acids is 2. The van der Waals surface area contributed by atoms with Crippen molar-refractivity contribution >= 4 is 12.0 Å². The van der Waals surface area contributed by atoms with Gasteiger partial charge in [-0.25, -0.2) is 18.6 Å². The third-order valence-corrected chi connectivity index (χ3v) is 9.32. The van der Waals surface area contributed by atoms with Crippen LogP contribution in [0.3, 0.4) is 0 Å². The van der Waals surface area contributed by atoms with E-state index in [0.717, 1.165) is 49.3 Å². The Hall–Kier alpha value is -4.57. The van der Waals surface area contributed by atoms with Gasteiger partial charge in [-0.2, -0.15) is 0 Å². The number of piperazine rings is 1. The first-order chi connectivity index (χ1) is 23.4.